The number of hydrogen-bond acceptors (Lipinski definition) is 33. The SMILES string of the molecule is C.COc1ccc(Nc2nc(Nc3ccc(N4CCOCC4)cc3)nc3c2NCN3)cc1.Cc1cccc(Nc2nc(Nc3ccc(N4CCOCC4)cc3)nc3c2NCN3)c1.c1cc(N2CCOCC2)ccc1Nc1nc2c(c(NC3CCCC3)n1)NCN2.c1cc(N2CCOCC2)ccc1Nc1nc2c(c(NCC3CC3)n1)NCN2. The summed E-state index contributed by atoms with van der Waals surface area (Å²) in [6.45, 7) is 19.4. The quantitative estimate of drug-likeness (QED) is 0.0300. The molecule has 0 radical (unpaired) electrons. The van der Waals surface area contributed by atoms with Gasteiger partial charge in [-0.3, -0.25) is 0 Å². The molecular weight excluding hydrogens is 1480 g/mol. The first-order chi connectivity index (χ1) is 57.2. The summed E-state index contributed by atoms with van der Waals surface area (Å²) in [4.78, 5) is 46.7. The molecule has 16 N–H and O–H groups in total. The van der Waals surface area contributed by atoms with E-state index in [4.69, 9.17) is 38.6 Å². The Morgan fingerprint density at radius 3 is 1.04 bits per heavy atom. The van der Waals surface area contributed by atoms with Gasteiger partial charge in [0.05, 0.1) is 86.6 Å². The first-order valence-electron chi connectivity index (χ1n) is 40.4. The summed E-state index contributed by atoms with van der Waals surface area (Å²) in [6.07, 6.45) is 7.61. The van der Waals surface area contributed by atoms with Crippen LogP contribution in [0.25, 0.3) is 0 Å². The number of aromatic nitrogens is 8. The Kier molecular flexibility index (Phi) is 25.2. The average molecular weight is 1590 g/mol. The lowest BCUT2D eigenvalue weighted by molar-refractivity contribution is 0.122. The lowest BCUT2D eigenvalue weighted by atomic mass is 10.2. The van der Waals surface area contributed by atoms with Gasteiger partial charge in [0.25, 0.3) is 0 Å². The van der Waals surface area contributed by atoms with Crippen molar-refractivity contribution in [2.75, 3.05) is 250 Å². The molecule has 0 unspecified atom stereocenters. The lowest BCUT2D eigenvalue weighted by Gasteiger charge is -2.28. The van der Waals surface area contributed by atoms with E-state index >= 15 is 0 Å². The number of hydrogen-bond donors (Lipinski definition) is 16. The van der Waals surface area contributed by atoms with Gasteiger partial charge in [-0.15, -0.1) is 0 Å². The molecule has 117 heavy (non-hydrogen) atoms. The van der Waals surface area contributed by atoms with Crippen molar-refractivity contribution in [1.29, 1.82) is 0 Å². The summed E-state index contributed by atoms with van der Waals surface area (Å²) < 4.78 is 27.0. The molecule has 4 aromatic heterocycles. The highest BCUT2D eigenvalue weighted by Gasteiger charge is 2.28. The molecule has 33 heteroatoms. The van der Waals surface area contributed by atoms with Gasteiger partial charge in [0.2, 0.25) is 23.8 Å². The number of methoxy groups -OCH3 is 1. The van der Waals surface area contributed by atoms with Crippen LogP contribution in [0.4, 0.5) is 150 Å². The van der Waals surface area contributed by atoms with Crippen LogP contribution in [0.2, 0.25) is 0 Å². The molecule has 0 bridgehead atoms. The third-order valence-corrected chi connectivity index (χ3v) is 21.3. The zero-order valence-corrected chi connectivity index (χ0v) is 65.5. The number of benzene rings is 6. The van der Waals surface area contributed by atoms with Gasteiger partial charge in [-0.05, 0) is 178 Å². The molecule has 4 saturated heterocycles. The fourth-order valence-electron chi connectivity index (χ4n) is 14.8. The van der Waals surface area contributed by atoms with Gasteiger partial charge in [-0.1, -0.05) is 32.4 Å². The summed E-state index contributed by atoms with van der Waals surface area (Å²) in [5.41, 5.74) is 15.4. The molecule has 612 valence electrons. The summed E-state index contributed by atoms with van der Waals surface area (Å²) in [7, 11) is 1.65. The van der Waals surface area contributed by atoms with E-state index in [1.807, 2.05) is 48.5 Å². The number of anilines is 26. The van der Waals surface area contributed by atoms with Crippen LogP contribution in [0.15, 0.2) is 146 Å². The van der Waals surface area contributed by atoms with Crippen molar-refractivity contribution < 1.29 is 23.7 Å². The first-order valence-corrected chi connectivity index (χ1v) is 40.4. The Labute approximate surface area is 682 Å². The van der Waals surface area contributed by atoms with Gasteiger partial charge >= 0.3 is 0 Å². The number of rotatable bonds is 22. The maximum atomic E-state index is 5.43. The number of ether oxygens (including phenoxy) is 5. The Morgan fingerprint density at radius 1 is 0.359 bits per heavy atom. The molecule has 10 aliphatic rings. The van der Waals surface area contributed by atoms with Gasteiger partial charge in [0.15, 0.2) is 46.5 Å². The highest BCUT2D eigenvalue weighted by Crippen LogP contribution is 2.41. The Balaban J connectivity index is 0.000000117. The van der Waals surface area contributed by atoms with Crippen molar-refractivity contribution in [3.8, 4) is 5.75 Å². The minimum atomic E-state index is 0. The van der Waals surface area contributed by atoms with Crippen molar-refractivity contribution in [2.45, 2.75) is 58.9 Å². The van der Waals surface area contributed by atoms with Crippen molar-refractivity contribution in [3.63, 3.8) is 0 Å². The minimum absolute atomic E-state index is 0. The first kappa shape index (κ1) is 78.2. The molecule has 2 saturated carbocycles. The highest BCUT2D eigenvalue weighted by molar-refractivity contribution is 5.87. The number of nitrogens with one attached hydrogen (secondary N) is 16. The molecule has 0 spiro atoms. The van der Waals surface area contributed by atoms with E-state index in [2.05, 4.69) is 234 Å². The Morgan fingerprint density at radius 2 is 0.684 bits per heavy atom. The van der Waals surface area contributed by atoms with Crippen LogP contribution >= 0.6 is 0 Å². The maximum Gasteiger partial charge on any atom is 0.231 e. The number of morpholine rings is 4. The normalized spacial score (nSPS) is 16.7. The van der Waals surface area contributed by atoms with Crippen LogP contribution < -0.4 is 109 Å². The molecule has 8 aliphatic heterocycles. The third-order valence-electron chi connectivity index (χ3n) is 21.3. The van der Waals surface area contributed by atoms with E-state index in [0.29, 0.717) is 62.3 Å². The number of aryl methyl sites for hydroxylation is 1. The highest BCUT2D eigenvalue weighted by atomic mass is 16.5. The second-order valence-electron chi connectivity index (χ2n) is 29.5. The van der Waals surface area contributed by atoms with Crippen LogP contribution in [0.3, 0.4) is 0 Å². The van der Waals surface area contributed by atoms with Crippen molar-refractivity contribution >= 4 is 150 Å². The standard InChI is InChI=1S/C22H25N7O2.C22H25N7O.C20H27N7O.C19H25N7O.CH4/c1-30-18-8-4-15(5-9-18)25-21-19-20(24-14-23-19)27-22(28-21)26-16-2-6-17(7-3-16)29-10-12-31-13-11-29;1-15-3-2-4-17(13-15)25-21-19-20(24-14-23-19)27-22(28-21)26-16-5-7-18(8-6-16)29-9-11-30-12-10-29;1-2-4-14(3-1)23-19-17-18(22-13-21-17)25-20(26-19)24-15-5-7-16(8-6-15)27-9-11-28-12-10-27;1-2-13(1)11-20-17-16-18(22-12-21-16)25-19(24-17)23-14-3-5-15(6-4-14)26-7-9-27-10-8-26;/h2-9,23H,10-14H2,1H3,(H3,24,25,26,27,28);2-8,13,23H,9-12,14H2,1H3,(H3,24,25,26,27,28);5-8,14,21H,1-4,9-13H2,(H3,22,23,24,25,26);3-6,13,21H,1-2,7-12H2,(H3,20,22,23,24,25);1H4. The lowest BCUT2D eigenvalue weighted by Crippen LogP contribution is -2.36. The molecule has 20 rings (SSSR count). The predicted octanol–water partition coefficient (Wildman–Crippen LogP) is 14.0. The number of nitrogens with zero attached hydrogens (tertiary/aromatic N) is 12. The topological polar surface area (TPSA) is 355 Å². The second-order valence-corrected chi connectivity index (χ2v) is 29.5. The summed E-state index contributed by atoms with van der Waals surface area (Å²) in [5, 5.41) is 53.4. The minimum Gasteiger partial charge on any atom is -0.497 e. The van der Waals surface area contributed by atoms with E-state index in [-0.39, 0.29) is 7.43 Å². The fourth-order valence-corrected chi connectivity index (χ4v) is 14.8. The van der Waals surface area contributed by atoms with Gasteiger partial charge < -0.3 is 128 Å². The molecule has 0 amide bonds. The molecule has 12 heterocycles. The fraction of sp³-hybridized carbons (Fsp3) is 0.381. The zero-order valence-electron chi connectivity index (χ0n) is 65.5. The van der Waals surface area contributed by atoms with E-state index in [9.17, 15) is 0 Å². The van der Waals surface area contributed by atoms with Gasteiger partial charge in [0.1, 0.15) is 28.5 Å². The zero-order chi connectivity index (χ0) is 78.2. The Hall–Kier alpha value is -12.7. The number of fused-ring (bicyclic) bond motifs is 4. The van der Waals surface area contributed by atoms with Crippen molar-refractivity contribution in [1.82, 2.24) is 39.9 Å². The summed E-state index contributed by atoms with van der Waals surface area (Å²) in [5.74, 6) is 10.3. The molecule has 6 aromatic carbocycles. The average Bonchev–Trinajstić information content (AvgIpc) is 1.73. The van der Waals surface area contributed by atoms with Gasteiger partial charge in [-0.25, -0.2) is 0 Å². The third kappa shape index (κ3) is 20.3. The smallest absolute Gasteiger partial charge is 0.231 e. The van der Waals surface area contributed by atoms with E-state index in [1.165, 1.54) is 66.8 Å². The predicted molar refractivity (Wildman–Crippen MR) is 472 cm³/mol. The van der Waals surface area contributed by atoms with Gasteiger partial charge in [-0.2, -0.15) is 39.9 Å². The van der Waals surface area contributed by atoms with Crippen molar-refractivity contribution in [2.24, 2.45) is 5.92 Å². The molecule has 10 aromatic rings. The largest absolute Gasteiger partial charge is 0.497 e. The molecule has 6 fully saturated rings. The maximum absolute atomic E-state index is 5.43. The second kappa shape index (κ2) is 37.7. The van der Waals surface area contributed by atoms with Crippen LogP contribution in [0, 0.1) is 12.8 Å². The molecule has 0 atom stereocenters. The summed E-state index contributed by atoms with van der Waals surface area (Å²) >= 11 is 0. The molecule has 2 aliphatic carbocycles. The van der Waals surface area contributed by atoms with E-state index in [0.717, 1.165) is 221 Å². The Bertz CT molecular complexity index is 4910. The van der Waals surface area contributed by atoms with Crippen LogP contribution in [0.1, 0.15) is 51.5 Å². The monoisotopic (exact) mass is 1590 g/mol. The van der Waals surface area contributed by atoms with E-state index in [1.54, 1.807) is 7.11 Å². The van der Waals surface area contributed by atoms with Crippen LogP contribution in [-0.4, -0.2) is 191 Å². The van der Waals surface area contributed by atoms with Gasteiger partial charge in [0, 0.05) is 122 Å². The van der Waals surface area contributed by atoms with E-state index < -0.39 is 0 Å². The van der Waals surface area contributed by atoms with Crippen molar-refractivity contribution in [3.05, 3.63) is 151 Å². The van der Waals surface area contributed by atoms with Crippen LogP contribution in [-0.2, 0) is 18.9 Å². The summed E-state index contributed by atoms with van der Waals surface area (Å²) in [6, 6.07) is 49.9. The molecular formula is C84H106N28O5. The van der Waals surface area contributed by atoms with Crippen LogP contribution in [0.5, 0.6) is 5.75 Å². The molecule has 33 nitrogen and oxygen atoms in total.